The van der Waals surface area contributed by atoms with Gasteiger partial charge in [0, 0.05) is 31.2 Å². The Hall–Kier alpha value is -3.41. The van der Waals surface area contributed by atoms with E-state index in [0.717, 1.165) is 22.5 Å². The normalized spacial score (nSPS) is 11.4. The first-order chi connectivity index (χ1) is 14.0. The molecular formula is C21H21N5O2S. The van der Waals surface area contributed by atoms with E-state index in [1.165, 1.54) is 11.3 Å². The zero-order valence-electron chi connectivity index (χ0n) is 16.1. The number of hydrogen-bond acceptors (Lipinski definition) is 6. The van der Waals surface area contributed by atoms with Crippen molar-refractivity contribution in [1.29, 1.82) is 0 Å². The van der Waals surface area contributed by atoms with Gasteiger partial charge < -0.3 is 15.3 Å². The number of nitrogens with one attached hydrogen (secondary N) is 2. The van der Waals surface area contributed by atoms with Crippen molar-refractivity contribution in [3.05, 3.63) is 58.5 Å². The van der Waals surface area contributed by atoms with E-state index < -0.39 is 12.1 Å². The molecule has 8 heteroatoms. The minimum Gasteiger partial charge on any atom is -0.394 e. The van der Waals surface area contributed by atoms with Crippen LogP contribution >= 0.6 is 11.3 Å². The summed E-state index contributed by atoms with van der Waals surface area (Å²) < 4.78 is 0. The maximum Gasteiger partial charge on any atom is 0.320 e. The highest BCUT2D eigenvalue weighted by atomic mass is 32.1. The van der Waals surface area contributed by atoms with Gasteiger partial charge in [-0.25, -0.2) is 14.8 Å². The highest BCUT2D eigenvalue weighted by Gasteiger charge is 2.15. The molecule has 0 fully saturated rings. The van der Waals surface area contributed by atoms with Crippen molar-refractivity contribution in [3.63, 3.8) is 0 Å². The monoisotopic (exact) mass is 407 g/mol. The predicted octanol–water partition coefficient (Wildman–Crippen LogP) is 3.11. The van der Waals surface area contributed by atoms with E-state index in [-0.39, 0.29) is 6.61 Å². The minimum absolute atomic E-state index is 0.241. The van der Waals surface area contributed by atoms with Crippen molar-refractivity contribution in [2.45, 2.75) is 6.04 Å². The summed E-state index contributed by atoms with van der Waals surface area (Å²) in [5.74, 6) is 3.66. The van der Waals surface area contributed by atoms with Crippen LogP contribution in [0.15, 0.2) is 48.0 Å². The highest BCUT2D eigenvalue weighted by Crippen LogP contribution is 2.28. The lowest BCUT2D eigenvalue weighted by Gasteiger charge is -2.18. The van der Waals surface area contributed by atoms with Crippen molar-refractivity contribution < 1.29 is 9.90 Å². The van der Waals surface area contributed by atoms with E-state index in [4.69, 9.17) is 6.42 Å². The van der Waals surface area contributed by atoms with Crippen molar-refractivity contribution in [2.24, 2.45) is 0 Å². The standard InChI is InChI=1S/C21H21N5O2S/c1-4-19-24-18(13-29-19)25-21(28)23-17(12-27)15-9-7-14(8-10-15)16-6-5-11-22-20(16)26(2)3/h1,5-11,13,17,27H,12H2,2-3H3,(H2,23,25,28). The number of aliphatic hydroxyl groups is 1. The Balaban J connectivity index is 1.72. The van der Waals surface area contributed by atoms with Crippen LogP contribution in [0.5, 0.6) is 0 Å². The molecule has 0 aliphatic heterocycles. The largest absolute Gasteiger partial charge is 0.394 e. The molecule has 148 valence electrons. The molecule has 7 nitrogen and oxygen atoms in total. The van der Waals surface area contributed by atoms with E-state index in [2.05, 4.69) is 26.5 Å². The Bertz CT molecular complexity index is 1020. The van der Waals surface area contributed by atoms with Crippen LogP contribution in [-0.4, -0.2) is 41.8 Å². The molecule has 0 saturated carbocycles. The first-order valence-corrected chi connectivity index (χ1v) is 9.73. The molecular weight excluding hydrogens is 386 g/mol. The van der Waals surface area contributed by atoms with Gasteiger partial charge in [0.2, 0.25) is 0 Å². The third-order valence-electron chi connectivity index (χ3n) is 4.19. The lowest BCUT2D eigenvalue weighted by molar-refractivity contribution is 0.225. The molecule has 2 amide bonds. The van der Waals surface area contributed by atoms with Gasteiger partial charge in [-0.15, -0.1) is 17.8 Å². The second-order valence-corrected chi connectivity index (χ2v) is 7.26. The lowest BCUT2D eigenvalue weighted by atomic mass is 10.0. The number of benzene rings is 1. The molecule has 0 spiro atoms. The Labute approximate surface area is 173 Å². The summed E-state index contributed by atoms with van der Waals surface area (Å²) in [6.45, 7) is -0.241. The quantitative estimate of drug-likeness (QED) is 0.546. The summed E-state index contributed by atoms with van der Waals surface area (Å²) in [7, 11) is 3.89. The predicted molar refractivity (Wildman–Crippen MR) is 116 cm³/mol. The number of thiazole rings is 1. The van der Waals surface area contributed by atoms with Crippen LogP contribution in [0.4, 0.5) is 16.4 Å². The summed E-state index contributed by atoms with van der Waals surface area (Å²) >= 11 is 1.27. The molecule has 2 aromatic heterocycles. The average molecular weight is 407 g/mol. The molecule has 29 heavy (non-hydrogen) atoms. The number of pyridine rings is 1. The molecule has 3 N–H and O–H groups in total. The number of hydrogen-bond donors (Lipinski definition) is 3. The highest BCUT2D eigenvalue weighted by molar-refractivity contribution is 7.10. The summed E-state index contributed by atoms with van der Waals surface area (Å²) in [6.07, 6.45) is 7.04. The fraction of sp³-hybridized carbons (Fsp3) is 0.190. The Morgan fingerprint density at radius 1 is 1.31 bits per heavy atom. The smallest absolute Gasteiger partial charge is 0.320 e. The van der Waals surface area contributed by atoms with Crippen molar-refractivity contribution >= 4 is 29.0 Å². The fourth-order valence-corrected chi connectivity index (χ4v) is 3.37. The van der Waals surface area contributed by atoms with Crippen LogP contribution in [-0.2, 0) is 0 Å². The zero-order chi connectivity index (χ0) is 20.8. The minimum atomic E-state index is -0.558. The number of urea groups is 1. The summed E-state index contributed by atoms with van der Waals surface area (Å²) in [5, 5.41) is 17.2. The summed E-state index contributed by atoms with van der Waals surface area (Å²) in [6, 6.07) is 10.5. The number of aromatic nitrogens is 2. The molecule has 2 heterocycles. The van der Waals surface area contributed by atoms with Crippen molar-refractivity contribution in [1.82, 2.24) is 15.3 Å². The van der Waals surface area contributed by atoms with E-state index in [9.17, 15) is 9.90 Å². The van der Waals surface area contributed by atoms with E-state index >= 15 is 0 Å². The molecule has 1 aromatic carbocycles. The van der Waals surface area contributed by atoms with Gasteiger partial charge >= 0.3 is 6.03 Å². The summed E-state index contributed by atoms with van der Waals surface area (Å²) in [5.41, 5.74) is 2.78. The first-order valence-electron chi connectivity index (χ1n) is 8.85. The van der Waals surface area contributed by atoms with Crippen LogP contribution in [0.3, 0.4) is 0 Å². The van der Waals surface area contributed by atoms with E-state index in [1.807, 2.05) is 55.4 Å². The van der Waals surface area contributed by atoms with Crippen LogP contribution < -0.4 is 15.5 Å². The second-order valence-electron chi connectivity index (χ2n) is 6.41. The van der Waals surface area contributed by atoms with Crippen LogP contribution in [0.2, 0.25) is 0 Å². The van der Waals surface area contributed by atoms with Crippen LogP contribution in [0, 0.1) is 12.3 Å². The number of carbonyl (C=O) groups excluding carboxylic acids is 1. The number of amides is 2. The van der Waals surface area contributed by atoms with Gasteiger partial charge in [-0.3, -0.25) is 5.32 Å². The van der Waals surface area contributed by atoms with Crippen molar-refractivity contribution in [2.75, 3.05) is 30.9 Å². The summed E-state index contributed by atoms with van der Waals surface area (Å²) in [4.78, 5) is 22.7. The third kappa shape index (κ3) is 4.90. The Morgan fingerprint density at radius 3 is 2.69 bits per heavy atom. The van der Waals surface area contributed by atoms with Gasteiger partial charge in [-0.1, -0.05) is 24.3 Å². The number of rotatable bonds is 6. The van der Waals surface area contributed by atoms with Gasteiger partial charge in [0.15, 0.2) is 5.01 Å². The zero-order valence-corrected chi connectivity index (χ0v) is 16.9. The van der Waals surface area contributed by atoms with Gasteiger partial charge in [0.1, 0.15) is 11.6 Å². The molecule has 0 radical (unpaired) electrons. The van der Waals surface area contributed by atoms with E-state index in [1.54, 1.807) is 11.6 Å². The number of nitrogens with zero attached hydrogens (tertiary/aromatic N) is 3. The Morgan fingerprint density at radius 2 is 2.07 bits per heavy atom. The molecule has 1 unspecified atom stereocenters. The molecule has 1 atom stereocenters. The number of carbonyl (C=O) groups is 1. The van der Waals surface area contributed by atoms with Crippen LogP contribution in [0.25, 0.3) is 11.1 Å². The molecule has 0 aliphatic carbocycles. The second kappa shape index (κ2) is 9.19. The topological polar surface area (TPSA) is 90.4 Å². The molecule has 3 rings (SSSR count). The average Bonchev–Trinajstić information content (AvgIpc) is 3.19. The molecule has 3 aromatic rings. The SMILES string of the molecule is C#Cc1nc(NC(=O)NC(CO)c2ccc(-c3cccnc3N(C)C)cc2)cs1. The van der Waals surface area contributed by atoms with Gasteiger partial charge in [-0.05, 0) is 29.2 Å². The number of aliphatic hydroxyl groups excluding tert-OH is 1. The molecule has 0 bridgehead atoms. The maximum atomic E-state index is 12.2. The van der Waals surface area contributed by atoms with Crippen molar-refractivity contribution in [3.8, 4) is 23.5 Å². The third-order valence-corrected chi connectivity index (χ3v) is 4.97. The van der Waals surface area contributed by atoms with Gasteiger partial charge in [-0.2, -0.15) is 0 Å². The number of anilines is 2. The fourth-order valence-electron chi connectivity index (χ4n) is 2.82. The first kappa shape index (κ1) is 20.3. The van der Waals surface area contributed by atoms with Gasteiger partial charge in [0.25, 0.3) is 0 Å². The molecule has 0 saturated heterocycles. The molecule has 0 aliphatic rings. The Kier molecular flexibility index (Phi) is 6.44. The lowest BCUT2D eigenvalue weighted by Crippen LogP contribution is -2.34. The van der Waals surface area contributed by atoms with Gasteiger partial charge in [0.05, 0.1) is 12.6 Å². The number of terminal acetylenes is 1. The van der Waals surface area contributed by atoms with E-state index in [0.29, 0.717) is 10.8 Å². The maximum absolute atomic E-state index is 12.2. The van der Waals surface area contributed by atoms with Crippen LogP contribution in [0.1, 0.15) is 16.6 Å².